The van der Waals surface area contributed by atoms with Crippen molar-refractivity contribution in [2.24, 2.45) is 7.05 Å². The number of benzene rings is 1. The molecule has 0 aliphatic carbocycles. The van der Waals surface area contributed by atoms with Crippen molar-refractivity contribution in [3.05, 3.63) is 46.0 Å². The number of hydrogen-bond acceptors (Lipinski definition) is 4. The molecule has 2 heterocycles. The van der Waals surface area contributed by atoms with Crippen LogP contribution < -0.4 is 0 Å². The Hall–Kier alpha value is -1.50. The number of hydrogen-bond donors (Lipinski definition) is 1. The highest BCUT2D eigenvalue weighted by Gasteiger charge is 2.24. The van der Waals surface area contributed by atoms with Crippen LogP contribution in [0.25, 0.3) is 0 Å². The molecule has 0 bridgehead atoms. The molecule has 23 heavy (non-hydrogen) atoms. The van der Waals surface area contributed by atoms with Gasteiger partial charge in [-0.3, -0.25) is 4.90 Å². The Morgan fingerprint density at radius 1 is 1.26 bits per heavy atom. The van der Waals surface area contributed by atoms with Gasteiger partial charge in [-0.25, -0.2) is 4.68 Å². The molecular formula is C17H24N4OS. The first-order chi connectivity index (χ1) is 11.1. The number of aromatic nitrogens is 3. The van der Waals surface area contributed by atoms with E-state index in [0.717, 1.165) is 13.0 Å². The SMILES string of the molecule is Cc1ccc(C2CCCCN2Cn2nc(CO)n(C)c2=S)cc1. The molecule has 0 spiro atoms. The number of aryl methyl sites for hydroxylation is 1. The average molecular weight is 332 g/mol. The molecular weight excluding hydrogens is 308 g/mol. The Kier molecular flexibility index (Phi) is 4.94. The van der Waals surface area contributed by atoms with Gasteiger partial charge in [0.15, 0.2) is 10.6 Å². The second kappa shape index (κ2) is 6.95. The van der Waals surface area contributed by atoms with Gasteiger partial charge in [0.25, 0.3) is 0 Å². The number of aliphatic hydroxyl groups excluding tert-OH is 1. The van der Waals surface area contributed by atoms with Gasteiger partial charge in [-0.2, -0.15) is 5.10 Å². The van der Waals surface area contributed by atoms with Crippen LogP contribution in [0.2, 0.25) is 0 Å². The molecule has 5 nitrogen and oxygen atoms in total. The largest absolute Gasteiger partial charge is 0.388 e. The molecule has 6 heteroatoms. The van der Waals surface area contributed by atoms with Crippen LogP contribution in [-0.4, -0.2) is 30.9 Å². The molecule has 124 valence electrons. The van der Waals surface area contributed by atoms with Crippen LogP contribution in [0.4, 0.5) is 0 Å². The molecule has 2 aromatic rings. The maximum absolute atomic E-state index is 9.36. The minimum Gasteiger partial charge on any atom is -0.388 e. The Balaban J connectivity index is 1.84. The third-order valence-corrected chi connectivity index (χ3v) is 5.15. The second-order valence-corrected chi connectivity index (χ2v) is 6.66. The van der Waals surface area contributed by atoms with E-state index in [1.54, 1.807) is 4.57 Å². The van der Waals surface area contributed by atoms with Gasteiger partial charge in [0.2, 0.25) is 0 Å². The van der Waals surface area contributed by atoms with E-state index in [9.17, 15) is 5.11 Å². The Bertz CT molecular complexity index is 719. The van der Waals surface area contributed by atoms with Gasteiger partial charge in [-0.05, 0) is 37.5 Å². The zero-order valence-electron chi connectivity index (χ0n) is 13.8. The molecule has 1 aromatic heterocycles. The highest BCUT2D eigenvalue weighted by Crippen LogP contribution is 2.31. The highest BCUT2D eigenvalue weighted by molar-refractivity contribution is 7.71. The summed E-state index contributed by atoms with van der Waals surface area (Å²) in [5, 5.41) is 13.8. The van der Waals surface area contributed by atoms with Gasteiger partial charge >= 0.3 is 0 Å². The molecule has 1 unspecified atom stereocenters. The van der Waals surface area contributed by atoms with E-state index in [1.165, 1.54) is 24.0 Å². The van der Waals surface area contributed by atoms with E-state index in [4.69, 9.17) is 12.2 Å². The van der Waals surface area contributed by atoms with Crippen molar-refractivity contribution < 1.29 is 5.11 Å². The maximum atomic E-state index is 9.36. The molecule has 0 radical (unpaired) electrons. The van der Waals surface area contributed by atoms with E-state index in [2.05, 4.69) is 41.2 Å². The number of likely N-dealkylation sites (tertiary alicyclic amines) is 1. The van der Waals surface area contributed by atoms with E-state index < -0.39 is 0 Å². The highest BCUT2D eigenvalue weighted by atomic mass is 32.1. The quantitative estimate of drug-likeness (QED) is 0.875. The summed E-state index contributed by atoms with van der Waals surface area (Å²) in [7, 11) is 1.85. The molecule has 1 N–H and O–H groups in total. The summed E-state index contributed by atoms with van der Waals surface area (Å²) in [6, 6.07) is 9.23. The maximum Gasteiger partial charge on any atom is 0.198 e. The zero-order valence-corrected chi connectivity index (χ0v) is 14.6. The third-order valence-electron chi connectivity index (χ3n) is 4.66. The van der Waals surface area contributed by atoms with Gasteiger partial charge in [0.05, 0.1) is 6.67 Å². The van der Waals surface area contributed by atoms with Crippen LogP contribution in [-0.2, 0) is 20.3 Å². The van der Waals surface area contributed by atoms with E-state index >= 15 is 0 Å². The monoisotopic (exact) mass is 332 g/mol. The predicted molar refractivity (Wildman–Crippen MR) is 92.4 cm³/mol. The molecule has 3 rings (SSSR count). The lowest BCUT2D eigenvalue weighted by Gasteiger charge is -2.35. The number of aliphatic hydroxyl groups is 1. The van der Waals surface area contributed by atoms with Gasteiger partial charge in [0.1, 0.15) is 6.61 Å². The van der Waals surface area contributed by atoms with E-state index in [-0.39, 0.29) is 6.61 Å². The first-order valence-corrected chi connectivity index (χ1v) is 8.55. The van der Waals surface area contributed by atoms with Crippen LogP contribution in [0, 0.1) is 11.7 Å². The number of piperidine rings is 1. The fourth-order valence-electron chi connectivity index (χ4n) is 3.26. The summed E-state index contributed by atoms with van der Waals surface area (Å²) in [6.07, 6.45) is 3.62. The van der Waals surface area contributed by atoms with Crippen molar-refractivity contribution in [2.45, 2.75) is 45.5 Å². The fourth-order valence-corrected chi connectivity index (χ4v) is 3.46. The van der Waals surface area contributed by atoms with Gasteiger partial charge in [-0.1, -0.05) is 36.2 Å². The Morgan fingerprint density at radius 3 is 2.65 bits per heavy atom. The molecule has 1 aliphatic heterocycles. The van der Waals surface area contributed by atoms with Crippen LogP contribution in [0.15, 0.2) is 24.3 Å². The van der Waals surface area contributed by atoms with Crippen LogP contribution in [0.3, 0.4) is 0 Å². The van der Waals surface area contributed by atoms with Crippen LogP contribution >= 0.6 is 12.2 Å². The van der Waals surface area contributed by atoms with Crippen molar-refractivity contribution >= 4 is 12.2 Å². The van der Waals surface area contributed by atoms with Gasteiger partial charge in [0, 0.05) is 19.6 Å². The summed E-state index contributed by atoms with van der Waals surface area (Å²) >= 11 is 5.45. The smallest absolute Gasteiger partial charge is 0.198 e. The minimum atomic E-state index is -0.0888. The summed E-state index contributed by atoms with van der Waals surface area (Å²) < 4.78 is 4.26. The topological polar surface area (TPSA) is 46.2 Å². The third kappa shape index (κ3) is 3.39. The van der Waals surface area contributed by atoms with Crippen molar-refractivity contribution in [3.8, 4) is 0 Å². The lowest BCUT2D eigenvalue weighted by Crippen LogP contribution is -2.35. The molecule has 1 atom stereocenters. The summed E-state index contributed by atoms with van der Waals surface area (Å²) in [5.74, 6) is 0.610. The number of rotatable bonds is 4. The Morgan fingerprint density at radius 2 is 2.00 bits per heavy atom. The average Bonchev–Trinajstić information content (AvgIpc) is 2.84. The minimum absolute atomic E-state index is 0.0888. The lowest BCUT2D eigenvalue weighted by atomic mass is 9.95. The normalized spacial score (nSPS) is 19.2. The van der Waals surface area contributed by atoms with Crippen molar-refractivity contribution in [2.75, 3.05) is 6.54 Å². The summed E-state index contributed by atoms with van der Waals surface area (Å²) in [6.45, 7) is 3.75. The first-order valence-electron chi connectivity index (χ1n) is 8.14. The van der Waals surface area contributed by atoms with Gasteiger partial charge in [-0.15, -0.1) is 0 Å². The fraction of sp³-hybridized carbons (Fsp3) is 0.529. The second-order valence-electron chi connectivity index (χ2n) is 6.29. The van der Waals surface area contributed by atoms with E-state index in [0.29, 0.717) is 23.3 Å². The molecule has 0 saturated carbocycles. The summed E-state index contributed by atoms with van der Waals surface area (Å²) in [5.41, 5.74) is 2.65. The molecule has 1 aromatic carbocycles. The number of nitrogens with zero attached hydrogens (tertiary/aromatic N) is 4. The van der Waals surface area contributed by atoms with Crippen molar-refractivity contribution in [3.63, 3.8) is 0 Å². The molecule has 0 amide bonds. The van der Waals surface area contributed by atoms with Crippen LogP contribution in [0.5, 0.6) is 0 Å². The molecule has 1 fully saturated rings. The van der Waals surface area contributed by atoms with E-state index in [1.807, 2.05) is 11.7 Å². The first kappa shape index (κ1) is 16.4. The zero-order chi connectivity index (χ0) is 16.4. The van der Waals surface area contributed by atoms with Crippen molar-refractivity contribution in [1.29, 1.82) is 0 Å². The molecule has 1 aliphatic rings. The Labute approximate surface area is 142 Å². The predicted octanol–water partition coefficient (Wildman–Crippen LogP) is 2.94. The van der Waals surface area contributed by atoms with Crippen molar-refractivity contribution in [1.82, 2.24) is 19.2 Å². The van der Waals surface area contributed by atoms with Gasteiger partial charge < -0.3 is 9.67 Å². The molecule has 1 saturated heterocycles. The summed E-state index contributed by atoms with van der Waals surface area (Å²) in [4.78, 5) is 2.44. The van der Waals surface area contributed by atoms with Crippen LogP contribution in [0.1, 0.15) is 42.3 Å². The standard InChI is InChI=1S/C17H24N4OS/c1-13-6-8-14(9-7-13)15-5-3-4-10-20(15)12-21-17(23)19(2)16(11-22)18-21/h6-9,15,22H,3-5,10-12H2,1-2H3. The lowest BCUT2D eigenvalue weighted by molar-refractivity contribution is 0.103.